The van der Waals surface area contributed by atoms with Crippen LogP contribution >= 0.6 is 23.1 Å². The lowest BCUT2D eigenvalue weighted by molar-refractivity contribution is 0.793. The third kappa shape index (κ3) is 2.56. The highest BCUT2D eigenvalue weighted by atomic mass is 32.2. The van der Waals surface area contributed by atoms with Crippen molar-refractivity contribution in [2.24, 2.45) is 14.1 Å². The van der Waals surface area contributed by atoms with Crippen LogP contribution in [0.25, 0.3) is 27.4 Å². The van der Waals surface area contributed by atoms with Gasteiger partial charge in [0, 0.05) is 14.1 Å². The normalized spacial score (nSPS) is 11.6. The molecule has 0 fully saturated rings. The predicted octanol–water partition coefficient (Wildman–Crippen LogP) is 2.73. The lowest BCUT2D eigenvalue weighted by atomic mass is 10.2. The van der Waals surface area contributed by atoms with E-state index in [0.29, 0.717) is 16.9 Å². The van der Waals surface area contributed by atoms with Gasteiger partial charge in [-0.05, 0) is 23.6 Å². The van der Waals surface area contributed by atoms with E-state index in [1.165, 1.54) is 16.3 Å². The summed E-state index contributed by atoms with van der Waals surface area (Å²) in [6.07, 6.45) is 0. The van der Waals surface area contributed by atoms with Gasteiger partial charge in [0.25, 0.3) is 5.56 Å². The van der Waals surface area contributed by atoms with Crippen LogP contribution in [0.1, 0.15) is 5.82 Å². The lowest BCUT2D eigenvalue weighted by Crippen LogP contribution is -2.20. The summed E-state index contributed by atoms with van der Waals surface area (Å²) < 4.78 is 5.44. The number of fused-ring (bicyclic) bond motifs is 3. The van der Waals surface area contributed by atoms with E-state index in [1.807, 2.05) is 57.8 Å². The SMILES string of the molecule is Cn1c(SCc2nnc3n(C)c(=O)c4ccccc4n23)nnc1-c1cccs1. The quantitative estimate of drug-likeness (QED) is 0.425. The van der Waals surface area contributed by atoms with Crippen molar-refractivity contribution in [1.29, 1.82) is 0 Å². The molecule has 28 heavy (non-hydrogen) atoms. The summed E-state index contributed by atoms with van der Waals surface area (Å²) in [7, 11) is 3.67. The molecule has 5 rings (SSSR count). The van der Waals surface area contributed by atoms with E-state index in [4.69, 9.17) is 0 Å². The molecule has 0 aliphatic rings. The first kappa shape index (κ1) is 17.1. The van der Waals surface area contributed by atoms with Gasteiger partial charge in [-0.25, -0.2) is 0 Å². The Morgan fingerprint density at radius 2 is 1.86 bits per heavy atom. The first-order valence-corrected chi connectivity index (χ1v) is 10.4. The molecule has 10 heteroatoms. The van der Waals surface area contributed by atoms with Gasteiger partial charge in [0.15, 0.2) is 11.0 Å². The van der Waals surface area contributed by atoms with E-state index in [2.05, 4.69) is 20.4 Å². The fraction of sp³-hybridized carbons (Fsp3) is 0.167. The van der Waals surface area contributed by atoms with E-state index >= 15 is 0 Å². The maximum atomic E-state index is 12.5. The van der Waals surface area contributed by atoms with Crippen molar-refractivity contribution >= 4 is 39.8 Å². The average Bonchev–Trinajstić information content (AvgIpc) is 3.44. The highest BCUT2D eigenvalue weighted by molar-refractivity contribution is 7.98. The highest BCUT2D eigenvalue weighted by Crippen LogP contribution is 2.27. The molecule has 0 saturated heterocycles. The molecule has 8 nitrogen and oxygen atoms in total. The Morgan fingerprint density at radius 1 is 1.00 bits per heavy atom. The molecule has 0 N–H and O–H groups in total. The van der Waals surface area contributed by atoms with Gasteiger partial charge in [-0.3, -0.25) is 13.8 Å². The summed E-state index contributed by atoms with van der Waals surface area (Å²) >= 11 is 3.17. The Morgan fingerprint density at radius 3 is 2.68 bits per heavy atom. The van der Waals surface area contributed by atoms with Crippen molar-refractivity contribution in [2.45, 2.75) is 10.9 Å². The van der Waals surface area contributed by atoms with E-state index in [-0.39, 0.29) is 5.56 Å². The second kappa shape index (κ2) is 6.57. The number of aryl methyl sites for hydroxylation is 1. The Hall–Kier alpha value is -2.98. The van der Waals surface area contributed by atoms with E-state index in [1.54, 1.807) is 18.4 Å². The zero-order valence-corrected chi connectivity index (χ0v) is 16.7. The molecule has 5 aromatic rings. The number of nitrogens with zero attached hydrogens (tertiary/aromatic N) is 7. The van der Waals surface area contributed by atoms with Gasteiger partial charge in [-0.15, -0.1) is 31.7 Å². The van der Waals surface area contributed by atoms with Gasteiger partial charge >= 0.3 is 0 Å². The summed E-state index contributed by atoms with van der Waals surface area (Å²) in [6.45, 7) is 0. The Balaban J connectivity index is 1.54. The van der Waals surface area contributed by atoms with Gasteiger partial charge in [-0.2, -0.15) is 0 Å². The Labute approximate surface area is 167 Å². The first-order chi connectivity index (χ1) is 13.6. The Bertz CT molecular complexity index is 1360. The van der Waals surface area contributed by atoms with Crippen LogP contribution < -0.4 is 5.56 Å². The Kier molecular flexibility index (Phi) is 4.02. The number of para-hydroxylation sites is 1. The largest absolute Gasteiger partial charge is 0.304 e. The zero-order valence-electron chi connectivity index (χ0n) is 15.1. The van der Waals surface area contributed by atoms with Crippen LogP contribution in [0.15, 0.2) is 51.7 Å². The minimum Gasteiger partial charge on any atom is -0.304 e. The molecule has 0 spiro atoms. The maximum absolute atomic E-state index is 12.5. The molecular formula is C18H15N7OS2. The average molecular weight is 410 g/mol. The third-order valence-electron chi connectivity index (χ3n) is 4.60. The molecule has 4 aromatic heterocycles. The maximum Gasteiger partial charge on any atom is 0.262 e. The smallest absolute Gasteiger partial charge is 0.262 e. The number of aromatic nitrogens is 7. The standard InChI is InChI=1S/C18H15N7OS2/c1-23-15(13-8-5-9-27-13)20-22-18(23)28-10-14-19-21-17-24(2)16(26)11-6-3-4-7-12(11)25(14)17/h3-9H,10H2,1-2H3. The molecule has 1 aromatic carbocycles. The summed E-state index contributed by atoms with van der Waals surface area (Å²) in [5, 5.41) is 20.6. The molecule has 0 bridgehead atoms. The van der Waals surface area contributed by atoms with E-state index < -0.39 is 0 Å². The summed E-state index contributed by atoms with van der Waals surface area (Å²) in [5.41, 5.74) is 0.724. The monoisotopic (exact) mass is 409 g/mol. The number of benzene rings is 1. The topological polar surface area (TPSA) is 82.9 Å². The number of thiophene rings is 1. The van der Waals surface area contributed by atoms with Gasteiger partial charge < -0.3 is 4.57 Å². The molecule has 4 heterocycles. The molecule has 0 unspecified atom stereocenters. The van der Waals surface area contributed by atoms with Gasteiger partial charge in [-0.1, -0.05) is 30.0 Å². The summed E-state index contributed by atoms with van der Waals surface area (Å²) in [5.74, 6) is 2.68. The minimum atomic E-state index is -0.0800. The summed E-state index contributed by atoms with van der Waals surface area (Å²) in [6, 6.07) is 11.5. The van der Waals surface area contributed by atoms with Crippen molar-refractivity contribution in [1.82, 2.24) is 33.9 Å². The van der Waals surface area contributed by atoms with Crippen LogP contribution in [0, 0.1) is 0 Å². The first-order valence-electron chi connectivity index (χ1n) is 8.53. The van der Waals surface area contributed by atoms with Gasteiger partial charge in [0.1, 0.15) is 5.82 Å². The van der Waals surface area contributed by atoms with E-state index in [9.17, 15) is 4.79 Å². The second-order valence-electron chi connectivity index (χ2n) is 6.26. The molecule has 140 valence electrons. The zero-order chi connectivity index (χ0) is 19.3. The number of thioether (sulfide) groups is 1. The molecule has 0 atom stereocenters. The highest BCUT2D eigenvalue weighted by Gasteiger charge is 2.17. The summed E-state index contributed by atoms with van der Waals surface area (Å²) in [4.78, 5) is 13.6. The van der Waals surface area contributed by atoms with Gasteiger partial charge in [0.05, 0.1) is 21.5 Å². The number of hydrogen-bond donors (Lipinski definition) is 0. The van der Waals surface area contributed by atoms with Crippen LogP contribution in [0.5, 0.6) is 0 Å². The fourth-order valence-corrected chi connectivity index (χ4v) is 4.74. The van der Waals surface area contributed by atoms with Crippen LogP contribution in [0.3, 0.4) is 0 Å². The third-order valence-corrected chi connectivity index (χ3v) is 6.48. The molecule has 0 amide bonds. The number of rotatable bonds is 4. The molecule has 0 radical (unpaired) electrons. The van der Waals surface area contributed by atoms with Crippen molar-refractivity contribution in [2.75, 3.05) is 0 Å². The van der Waals surface area contributed by atoms with Crippen LogP contribution in [0.4, 0.5) is 0 Å². The molecule has 0 aliphatic carbocycles. The number of hydrogen-bond acceptors (Lipinski definition) is 7. The van der Waals surface area contributed by atoms with Crippen molar-refractivity contribution in [3.63, 3.8) is 0 Å². The van der Waals surface area contributed by atoms with Crippen molar-refractivity contribution in [3.8, 4) is 10.7 Å². The molecule has 0 aliphatic heterocycles. The van der Waals surface area contributed by atoms with E-state index in [0.717, 1.165) is 27.2 Å². The minimum absolute atomic E-state index is 0.0800. The van der Waals surface area contributed by atoms with Crippen LogP contribution in [0.2, 0.25) is 0 Å². The van der Waals surface area contributed by atoms with Gasteiger partial charge in [0.2, 0.25) is 5.78 Å². The lowest BCUT2D eigenvalue weighted by Gasteiger charge is -2.07. The van der Waals surface area contributed by atoms with Crippen LogP contribution in [-0.2, 0) is 19.8 Å². The predicted molar refractivity (Wildman–Crippen MR) is 110 cm³/mol. The molecular weight excluding hydrogens is 394 g/mol. The molecule has 0 saturated carbocycles. The van der Waals surface area contributed by atoms with Crippen molar-refractivity contribution in [3.05, 3.63) is 58.0 Å². The second-order valence-corrected chi connectivity index (χ2v) is 8.15. The van der Waals surface area contributed by atoms with Crippen molar-refractivity contribution < 1.29 is 0 Å². The van der Waals surface area contributed by atoms with Crippen LogP contribution in [-0.4, -0.2) is 33.9 Å². The fourth-order valence-electron chi connectivity index (χ4n) is 3.18.